The molecular weight excluding hydrogens is 470 g/mol. The number of carboxylic acid groups (broad SMARTS) is 2. The normalized spacial score (nSPS) is 15.3. The van der Waals surface area contributed by atoms with E-state index in [1.807, 2.05) is 6.26 Å². The van der Waals surface area contributed by atoms with Crippen LogP contribution in [0.2, 0.25) is 0 Å². The largest absolute Gasteiger partial charge is 0.481 e. The van der Waals surface area contributed by atoms with E-state index in [4.69, 9.17) is 16.6 Å². The highest BCUT2D eigenvalue weighted by atomic mass is 32.2. The van der Waals surface area contributed by atoms with Gasteiger partial charge in [-0.25, -0.2) is 4.79 Å². The summed E-state index contributed by atoms with van der Waals surface area (Å²) in [4.78, 5) is 60.3. The Hall–Kier alpha value is -2.42. The fourth-order valence-corrected chi connectivity index (χ4v) is 3.36. The minimum atomic E-state index is -1.60. The van der Waals surface area contributed by atoms with Gasteiger partial charge in [-0.3, -0.25) is 19.2 Å². The van der Waals surface area contributed by atoms with Crippen molar-refractivity contribution in [2.24, 2.45) is 11.5 Å². The summed E-state index contributed by atoms with van der Waals surface area (Å²) in [6.45, 7) is 1.53. The van der Waals surface area contributed by atoms with Crippen LogP contribution < -0.4 is 27.4 Å². The molecule has 196 valence electrons. The fraction of sp³-hybridized carbons (Fsp3) is 0.750. The molecule has 0 bridgehead atoms. The molecule has 13 nitrogen and oxygen atoms in total. The molecule has 0 aliphatic rings. The second kappa shape index (κ2) is 17.1. The first-order valence-corrected chi connectivity index (χ1v) is 12.3. The van der Waals surface area contributed by atoms with E-state index in [2.05, 4.69) is 16.0 Å². The number of aliphatic carboxylic acids is 2. The number of nitrogens with one attached hydrogen (secondary N) is 3. The molecule has 0 aromatic heterocycles. The van der Waals surface area contributed by atoms with Crippen LogP contribution in [0.4, 0.5) is 0 Å². The zero-order chi connectivity index (χ0) is 26.3. The highest BCUT2D eigenvalue weighted by molar-refractivity contribution is 7.98. The Kier molecular flexibility index (Phi) is 15.9. The third-order valence-electron chi connectivity index (χ3n) is 4.88. The number of carboxylic acids is 2. The van der Waals surface area contributed by atoms with Gasteiger partial charge in [0.05, 0.1) is 12.1 Å². The van der Waals surface area contributed by atoms with E-state index in [1.54, 1.807) is 0 Å². The van der Waals surface area contributed by atoms with Gasteiger partial charge in [0.25, 0.3) is 0 Å². The van der Waals surface area contributed by atoms with Crippen molar-refractivity contribution in [1.82, 2.24) is 16.0 Å². The summed E-state index contributed by atoms with van der Waals surface area (Å²) in [5.41, 5.74) is 11.3. The number of hydrogen-bond acceptors (Lipinski definition) is 9. The molecule has 34 heavy (non-hydrogen) atoms. The minimum Gasteiger partial charge on any atom is -0.481 e. The number of rotatable bonds is 18. The van der Waals surface area contributed by atoms with E-state index >= 15 is 0 Å². The summed E-state index contributed by atoms with van der Waals surface area (Å²) >= 11 is 1.49. The average Bonchev–Trinajstić information content (AvgIpc) is 2.76. The Bertz CT molecular complexity index is 694. The van der Waals surface area contributed by atoms with Crippen LogP contribution >= 0.6 is 11.8 Å². The zero-order valence-corrected chi connectivity index (χ0v) is 20.3. The minimum absolute atomic E-state index is 0.105. The second-order valence-electron chi connectivity index (χ2n) is 7.79. The first kappa shape index (κ1) is 31.6. The van der Waals surface area contributed by atoms with Crippen LogP contribution in [-0.4, -0.2) is 93.8 Å². The maximum Gasteiger partial charge on any atom is 0.328 e. The van der Waals surface area contributed by atoms with Crippen molar-refractivity contribution in [3.8, 4) is 0 Å². The van der Waals surface area contributed by atoms with Gasteiger partial charge < -0.3 is 42.7 Å². The van der Waals surface area contributed by atoms with Crippen LogP contribution in [0.1, 0.15) is 45.4 Å². The van der Waals surface area contributed by atoms with Crippen LogP contribution in [-0.2, 0) is 24.0 Å². The van der Waals surface area contributed by atoms with Gasteiger partial charge in [0.15, 0.2) is 6.04 Å². The number of carbonyl (C=O) groups excluding carboxylic acids is 3. The fourth-order valence-electron chi connectivity index (χ4n) is 2.87. The van der Waals surface area contributed by atoms with Gasteiger partial charge in [-0.15, -0.1) is 0 Å². The predicted molar refractivity (Wildman–Crippen MR) is 126 cm³/mol. The van der Waals surface area contributed by atoms with Gasteiger partial charge in [0, 0.05) is 6.42 Å². The molecule has 3 amide bonds. The third-order valence-corrected chi connectivity index (χ3v) is 5.52. The Morgan fingerprint density at radius 3 is 1.94 bits per heavy atom. The molecule has 0 saturated heterocycles. The number of aliphatic hydroxyl groups excluding tert-OH is 1. The first-order valence-electron chi connectivity index (χ1n) is 10.9. The smallest absolute Gasteiger partial charge is 0.328 e. The molecule has 0 aliphatic heterocycles. The van der Waals surface area contributed by atoms with E-state index < -0.39 is 66.4 Å². The Balaban J connectivity index is 5.52. The van der Waals surface area contributed by atoms with Crippen LogP contribution in [0.3, 0.4) is 0 Å². The molecule has 14 heteroatoms. The number of nitrogens with two attached hydrogens (primary N) is 2. The summed E-state index contributed by atoms with van der Waals surface area (Å²) in [6, 6.07) is -4.98. The molecule has 0 aliphatic carbocycles. The summed E-state index contributed by atoms with van der Waals surface area (Å²) in [5, 5.41) is 34.9. The van der Waals surface area contributed by atoms with E-state index in [1.165, 1.54) is 18.7 Å². The van der Waals surface area contributed by atoms with Crippen molar-refractivity contribution in [2.75, 3.05) is 18.6 Å². The molecule has 5 atom stereocenters. The zero-order valence-electron chi connectivity index (χ0n) is 19.5. The number of amides is 3. The molecule has 0 radical (unpaired) electrons. The molecule has 0 aromatic rings. The van der Waals surface area contributed by atoms with E-state index in [0.717, 1.165) is 0 Å². The van der Waals surface area contributed by atoms with Crippen molar-refractivity contribution in [1.29, 1.82) is 0 Å². The Morgan fingerprint density at radius 2 is 1.44 bits per heavy atom. The van der Waals surface area contributed by atoms with E-state index in [-0.39, 0.29) is 12.8 Å². The summed E-state index contributed by atoms with van der Waals surface area (Å²) < 4.78 is 0. The van der Waals surface area contributed by atoms with Crippen LogP contribution in [0, 0.1) is 0 Å². The van der Waals surface area contributed by atoms with Gasteiger partial charge >= 0.3 is 11.9 Å². The molecule has 0 aromatic carbocycles. The number of unbranched alkanes of at least 4 members (excludes halogenated alkanes) is 1. The maximum absolute atomic E-state index is 12.9. The van der Waals surface area contributed by atoms with Crippen LogP contribution in [0.15, 0.2) is 0 Å². The number of thioether (sulfide) groups is 1. The lowest BCUT2D eigenvalue weighted by Crippen LogP contribution is -2.58. The van der Waals surface area contributed by atoms with Gasteiger partial charge in [0.1, 0.15) is 12.1 Å². The van der Waals surface area contributed by atoms with Crippen molar-refractivity contribution < 1.29 is 39.3 Å². The van der Waals surface area contributed by atoms with Gasteiger partial charge in [-0.2, -0.15) is 11.8 Å². The number of hydrogen-bond donors (Lipinski definition) is 8. The molecule has 0 saturated carbocycles. The second-order valence-corrected chi connectivity index (χ2v) is 8.78. The standard InChI is InChI=1S/C20H37N5O8S/c1-11(26)16(20(32)33)25-19(31)13(5-3-4-9-21)24-18(30)14(6-7-15(27)28)23-17(29)12(22)8-10-34-2/h11-14,16,26H,3-10,21-22H2,1-2H3,(H,23,29)(H,24,30)(H,25,31)(H,27,28)(H,32,33). The molecule has 10 N–H and O–H groups in total. The lowest BCUT2D eigenvalue weighted by Gasteiger charge is -2.25. The van der Waals surface area contributed by atoms with E-state index in [9.17, 15) is 34.2 Å². The van der Waals surface area contributed by atoms with Crippen molar-refractivity contribution >= 4 is 41.4 Å². The lowest BCUT2D eigenvalue weighted by atomic mass is 10.0. The molecule has 0 heterocycles. The number of carbonyl (C=O) groups is 5. The van der Waals surface area contributed by atoms with Crippen LogP contribution in [0.25, 0.3) is 0 Å². The van der Waals surface area contributed by atoms with Crippen molar-refractivity contribution in [2.45, 2.75) is 75.7 Å². The van der Waals surface area contributed by atoms with Gasteiger partial charge in [0.2, 0.25) is 17.7 Å². The third kappa shape index (κ3) is 12.7. The van der Waals surface area contributed by atoms with E-state index in [0.29, 0.717) is 31.6 Å². The Morgan fingerprint density at radius 1 is 0.882 bits per heavy atom. The molecular formula is C20H37N5O8S. The lowest BCUT2D eigenvalue weighted by molar-refractivity contribution is -0.145. The average molecular weight is 508 g/mol. The molecule has 0 fully saturated rings. The summed E-state index contributed by atoms with van der Waals surface area (Å²) in [5.74, 6) is -4.33. The highest BCUT2D eigenvalue weighted by Gasteiger charge is 2.31. The first-order chi connectivity index (χ1) is 15.9. The van der Waals surface area contributed by atoms with Gasteiger partial charge in [-0.05, 0) is 57.6 Å². The SMILES string of the molecule is CSCCC(N)C(=O)NC(CCC(=O)O)C(=O)NC(CCCCN)C(=O)NC(C(=O)O)C(C)O. The number of aliphatic hydroxyl groups is 1. The predicted octanol–water partition coefficient (Wildman–Crippen LogP) is -2.02. The monoisotopic (exact) mass is 507 g/mol. The van der Waals surface area contributed by atoms with Crippen LogP contribution in [0.5, 0.6) is 0 Å². The molecule has 5 unspecified atom stereocenters. The topological polar surface area (TPSA) is 234 Å². The van der Waals surface area contributed by atoms with Crippen molar-refractivity contribution in [3.05, 3.63) is 0 Å². The van der Waals surface area contributed by atoms with Crippen molar-refractivity contribution in [3.63, 3.8) is 0 Å². The molecule has 0 spiro atoms. The maximum atomic E-state index is 12.9. The Labute approximate surface area is 202 Å². The summed E-state index contributed by atoms with van der Waals surface area (Å²) in [6.07, 6.45) is 1.18. The van der Waals surface area contributed by atoms with Gasteiger partial charge in [-0.1, -0.05) is 0 Å². The molecule has 0 rings (SSSR count). The quantitative estimate of drug-likeness (QED) is 0.0943. The summed E-state index contributed by atoms with van der Waals surface area (Å²) in [7, 11) is 0. The highest BCUT2D eigenvalue weighted by Crippen LogP contribution is 2.07.